The van der Waals surface area contributed by atoms with Gasteiger partial charge in [0.05, 0.1) is 0 Å². The first-order valence-corrected chi connectivity index (χ1v) is 7.15. The molecule has 1 nitrogen and oxygen atoms in total. The molecular weight excluding hydrogens is 206 g/mol. The van der Waals surface area contributed by atoms with E-state index in [2.05, 4.69) is 30.4 Å². The van der Waals surface area contributed by atoms with Crippen LogP contribution in [0.5, 0.6) is 0 Å². The quantitative estimate of drug-likeness (QED) is 0.688. The zero-order valence-electron chi connectivity index (χ0n) is 12.9. The zero-order valence-corrected chi connectivity index (χ0v) is 12.9. The molecule has 0 atom stereocenters. The Labute approximate surface area is 109 Å². The van der Waals surface area contributed by atoms with Crippen LogP contribution in [0.2, 0.25) is 0 Å². The lowest BCUT2D eigenvalue weighted by atomic mass is 9.99. The van der Waals surface area contributed by atoms with Gasteiger partial charge in [0.1, 0.15) is 0 Å². The molecule has 0 bridgehead atoms. The Bertz CT molecular complexity index is 266. The minimum Gasteiger partial charge on any atom is -0.312 e. The summed E-state index contributed by atoms with van der Waals surface area (Å²) in [5.41, 5.74) is 4.37. The van der Waals surface area contributed by atoms with E-state index in [0.29, 0.717) is 0 Å². The van der Waals surface area contributed by atoms with Gasteiger partial charge in [0.25, 0.3) is 0 Å². The van der Waals surface area contributed by atoms with E-state index in [-0.39, 0.29) is 0 Å². The summed E-state index contributed by atoms with van der Waals surface area (Å²) in [7, 11) is 0. The van der Waals surface area contributed by atoms with Crippen molar-refractivity contribution in [2.75, 3.05) is 6.54 Å². The van der Waals surface area contributed by atoms with E-state index in [9.17, 15) is 0 Å². The molecule has 0 amide bonds. The van der Waals surface area contributed by atoms with Crippen molar-refractivity contribution in [1.82, 2.24) is 5.32 Å². The largest absolute Gasteiger partial charge is 0.312 e. The highest BCUT2D eigenvalue weighted by molar-refractivity contribution is 5.32. The van der Waals surface area contributed by atoms with Gasteiger partial charge in [0.2, 0.25) is 0 Å². The molecule has 0 saturated carbocycles. The second-order valence-electron chi connectivity index (χ2n) is 3.20. The fourth-order valence-electron chi connectivity index (χ4n) is 1.61. The number of rotatable bonds is 0. The molecule has 100 valence electrons. The average molecular weight is 237 g/mol. The van der Waals surface area contributed by atoms with E-state index in [1.807, 2.05) is 41.5 Å². The number of fused-ring (bicyclic) bond motifs is 1. The Morgan fingerprint density at radius 2 is 1.47 bits per heavy atom. The Hall–Kier alpha value is -0.820. The molecule has 0 spiro atoms. The molecule has 0 unspecified atom stereocenters. The topological polar surface area (TPSA) is 12.0 Å². The van der Waals surface area contributed by atoms with Crippen LogP contribution >= 0.6 is 0 Å². The standard InChI is InChI=1S/C10H13N.3C2H6/c1-8-2-3-9-4-5-11-7-10(9)6-8;3*1-2/h2-3,6,11H,4-5,7H2,1H3;3*1-2H3. The van der Waals surface area contributed by atoms with Crippen LogP contribution in [-0.2, 0) is 13.0 Å². The maximum absolute atomic E-state index is 3.37. The van der Waals surface area contributed by atoms with Gasteiger partial charge in [-0.3, -0.25) is 0 Å². The van der Waals surface area contributed by atoms with E-state index in [1.165, 1.54) is 23.1 Å². The molecule has 17 heavy (non-hydrogen) atoms. The van der Waals surface area contributed by atoms with E-state index in [4.69, 9.17) is 0 Å². The molecule has 0 aliphatic carbocycles. The highest BCUT2D eigenvalue weighted by Crippen LogP contribution is 2.14. The van der Waals surface area contributed by atoms with Crippen LogP contribution in [0, 0.1) is 6.92 Å². The van der Waals surface area contributed by atoms with Crippen LogP contribution < -0.4 is 5.32 Å². The van der Waals surface area contributed by atoms with Crippen molar-refractivity contribution in [3.8, 4) is 0 Å². The Balaban J connectivity index is 0. The van der Waals surface area contributed by atoms with Gasteiger partial charge in [0.15, 0.2) is 0 Å². The van der Waals surface area contributed by atoms with Crippen LogP contribution in [0.4, 0.5) is 0 Å². The normalized spacial score (nSPS) is 11.5. The van der Waals surface area contributed by atoms with E-state index >= 15 is 0 Å². The van der Waals surface area contributed by atoms with Crippen LogP contribution in [0.1, 0.15) is 58.2 Å². The van der Waals surface area contributed by atoms with Gasteiger partial charge in [-0.1, -0.05) is 65.3 Å². The lowest BCUT2D eigenvalue weighted by Gasteiger charge is -2.16. The predicted molar refractivity (Wildman–Crippen MR) is 80.6 cm³/mol. The number of hydrogen-bond acceptors (Lipinski definition) is 1. The fourth-order valence-corrected chi connectivity index (χ4v) is 1.61. The first kappa shape index (κ1) is 18.5. The second-order valence-corrected chi connectivity index (χ2v) is 3.20. The summed E-state index contributed by atoms with van der Waals surface area (Å²) >= 11 is 0. The molecule has 0 fully saturated rings. The lowest BCUT2D eigenvalue weighted by Crippen LogP contribution is -2.23. The monoisotopic (exact) mass is 237 g/mol. The number of hydrogen-bond donors (Lipinski definition) is 1. The minimum absolute atomic E-state index is 1.05. The van der Waals surface area contributed by atoms with Crippen molar-refractivity contribution >= 4 is 0 Å². The molecule has 1 heteroatoms. The smallest absolute Gasteiger partial charge is 0.0208 e. The van der Waals surface area contributed by atoms with Crippen LogP contribution in [0.25, 0.3) is 0 Å². The summed E-state index contributed by atoms with van der Waals surface area (Å²) in [6.07, 6.45) is 1.19. The van der Waals surface area contributed by atoms with Crippen molar-refractivity contribution in [1.29, 1.82) is 0 Å². The third-order valence-electron chi connectivity index (χ3n) is 2.25. The summed E-state index contributed by atoms with van der Waals surface area (Å²) in [5, 5.41) is 3.37. The van der Waals surface area contributed by atoms with Crippen molar-refractivity contribution in [2.24, 2.45) is 0 Å². The molecule has 1 aromatic rings. The number of benzene rings is 1. The second kappa shape index (κ2) is 13.2. The van der Waals surface area contributed by atoms with Gasteiger partial charge < -0.3 is 5.32 Å². The molecule has 0 saturated heterocycles. The van der Waals surface area contributed by atoms with Crippen LogP contribution in [0.15, 0.2) is 18.2 Å². The molecule has 1 aliphatic rings. The average Bonchev–Trinajstić information content (AvgIpc) is 2.45. The van der Waals surface area contributed by atoms with Crippen molar-refractivity contribution in [2.45, 2.75) is 61.4 Å². The molecular formula is C16H31N. The van der Waals surface area contributed by atoms with Gasteiger partial charge in [0, 0.05) is 6.54 Å². The maximum Gasteiger partial charge on any atom is 0.0208 e. The van der Waals surface area contributed by atoms with E-state index in [0.717, 1.165) is 13.1 Å². The zero-order chi connectivity index (χ0) is 13.7. The highest BCUT2D eigenvalue weighted by atomic mass is 14.9. The van der Waals surface area contributed by atoms with Gasteiger partial charge in [-0.15, -0.1) is 0 Å². The molecule has 1 heterocycles. The number of aryl methyl sites for hydroxylation is 1. The molecule has 0 radical (unpaired) electrons. The third kappa shape index (κ3) is 7.17. The molecule has 1 aromatic carbocycles. The molecule has 2 rings (SSSR count). The summed E-state index contributed by atoms with van der Waals surface area (Å²) in [5.74, 6) is 0. The first-order chi connectivity index (χ1) is 8.36. The molecule has 1 N–H and O–H groups in total. The Kier molecular flexibility index (Phi) is 14.4. The SMILES string of the molecule is CC.CC.CC.Cc1ccc2c(c1)CNCC2. The van der Waals surface area contributed by atoms with Crippen LogP contribution in [-0.4, -0.2) is 6.54 Å². The summed E-state index contributed by atoms with van der Waals surface area (Å²) < 4.78 is 0. The Morgan fingerprint density at radius 3 is 2.06 bits per heavy atom. The van der Waals surface area contributed by atoms with E-state index < -0.39 is 0 Å². The predicted octanol–water partition coefficient (Wildman–Crippen LogP) is 4.72. The maximum atomic E-state index is 3.37. The summed E-state index contributed by atoms with van der Waals surface area (Å²) in [4.78, 5) is 0. The highest BCUT2D eigenvalue weighted by Gasteiger charge is 2.06. The van der Waals surface area contributed by atoms with Gasteiger partial charge in [-0.2, -0.15) is 0 Å². The van der Waals surface area contributed by atoms with Gasteiger partial charge in [-0.05, 0) is 31.0 Å². The fraction of sp³-hybridized carbons (Fsp3) is 0.625. The number of nitrogens with one attached hydrogen (secondary N) is 1. The third-order valence-corrected chi connectivity index (χ3v) is 2.25. The Morgan fingerprint density at radius 1 is 0.882 bits per heavy atom. The lowest BCUT2D eigenvalue weighted by molar-refractivity contribution is 0.643. The van der Waals surface area contributed by atoms with Crippen molar-refractivity contribution in [3.63, 3.8) is 0 Å². The van der Waals surface area contributed by atoms with Crippen molar-refractivity contribution in [3.05, 3.63) is 34.9 Å². The first-order valence-electron chi connectivity index (χ1n) is 7.15. The van der Waals surface area contributed by atoms with Crippen molar-refractivity contribution < 1.29 is 0 Å². The summed E-state index contributed by atoms with van der Waals surface area (Å²) in [6, 6.07) is 6.73. The molecule has 0 aromatic heterocycles. The van der Waals surface area contributed by atoms with Crippen LogP contribution in [0.3, 0.4) is 0 Å². The molecule has 1 aliphatic heterocycles. The van der Waals surface area contributed by atoms with Gasteiger partial charge in [-0.25, -0.2) is 0 Å². The van der Waals surface area contributed by atoms with E-state index in [1.54, 1.807) is 0 Å². The minimum atomic E-state index is 1.05. The summed E-state index contributed by atoms with van der Waals surface area (Å²) in [6.45, 7) is 16.3. The van der Waals surface area contributed by atoms with Gasteiger partial charge >= 0.3 is 0 Å².